The summed E-state index contributed by atoms with van der Waals surface area (Å²) in [7, 11) is 0. The van der Waals surface area contributed by atoms with Crippen molar-refractivity contribution in [1.29, 1.82) is 0 Å². The zero-order valence-electron chi connectivity index (χ0n) is 5.93. The van der Waals surface area contributed by atoms with Crippen molar-refractivity contribution in [3.63, 3.8) is 0 Å². The molecule has 4 nitrogen and oxygen atoms in total. The van der Waals surface area contributed by atoms with Crippen molar-refractivity contribution < 1.29 is 19.7 Å². The molecule has 11 heavy (non-hydrogen) atoms. The Morgan fingerprint density at radius 1 is 1.45 bits per heavy atom. The van der Waals surface area contributed by atoms with Gasteiger partial charge in [-0.25, -0.2) is 4.79 Å². The fourth-order valence-corrected chi connectivity index (χ4v) is 0.508. The summed E-state index contributed by atoms with van der Waals surface area (Å²) in [6, 6.07) is 0. The van der Waals surface area contributed by atoms with Gasteiger partial charge in [-0.3, -0.25) is 0 Å². The van der Waals surface area contributed by atoms with Crippen molar-refractivity contribution in [2.75, 3.05) is 0 Å². The molecular weight excluding hydrogens is 148 g/mol. The van der Waals surface area contributed by atoms with Gasteiger partial charge in [-0.05, 0) is 6.08 Å². The monoisotopic (exact) mass is 158 g/mol. The van der Waals surface area contributed by atoms with Gasteiger partial charge >= 0.3 is 6.16 Å². The molecule has 0 bridgehead atoms. The maximum absolute atomic E-state index is 9.97. The number of carboxylic acid groups (broad SMARTS) is 1. The molecule has 0 aromatic rings. The molecule has 0 amide bonds. The Balaban J connectivity index is 4.04. The Morgan fingerprint density at radius 2 is 2.00 bits per heavy atom. The number of aliphatic hydroxyl groups excluding tert-OH is 1. The fourth-order valence-electron chi connectivity index (χ4n) is 0.508. The Kier molecular flexibility index (Phi) is 3.98. The molecule has 0 heterocycles. The summed E-state index contributed by atoms with van der Waals surface area (Å²) in [6.45, 7) is 6.55. The van der Waals surface area contributed by atoms with Crippen molar-refractivity contribution in [3.05, 3.63) is 25.3 Å². The molecule has 2 unspecified atom stereocenters. The van der Waals surface area contributed by atoms with Crippen molar-refractivity contribution in [2.45, 2.75) is 12.2 Å². The summed E-state index contributed by atoms with van der Waals surface area (Å²) >= 11 is 0. The van der Waals surface area contributed by atoms with Gasteiger partial charge in [0.2, 0.25) is 0 Å². The van der Waals surface area contributed by atoms with Gasteiger partial charge in [0.1, 0.15) is 6.10 Å². The smallest absolute Gasteiger partial charge is 0.450 e. The maximum Gasteiger partial charge on any atom is 0.506 e. The zero-order chi connectivity index (χ0) is 8.85. The van der Waals surface area contributed by atoms with Gasteiger partial charge < -0.3 is 14.9 Å². The lowest BCUT2D eigenvalue weighted by Crippen LogP contribution is -2.26. The Morgan fingerprint density at radius 3 is 2.27 bits per heavy atom. The molecule has 0 saturated carbocycles. The Labute approximate surface area is 64.4 Å². The molecule has 0 aliphatic rings. The summed E-state index contributed by atoms with van der Waals surface area (Å²) in [6.07, 6.45) is -1.06. The second-order valence-electron chi connectivity index (χ2n) is 1.81. The molecule has 0 fully saturated rings. The van der Waals surface area contributed by atoms with E-state index in [-0.39, 0.29) is 0 Å². The van der Waals surface area contributed by atoms with Crippen molar-refractivity contribution in [1.82, 2.24) is 0 Å². The molecule has 62 valence electrons. The van der Waals surface area contributed by atoms with E-state index in [1.807, 2.05) is 0 Å². The molecule has 4 heteroatoms. The average Bonchev–Trinajstić information content (AvgIpc) is 1.98. The van der Waals surface area contributed by atoms with Crippen LogP contribution in [0.5, 0.6) is 0 Å². The van der Waals surface area contributed by atoms with Crippen molar-refractivity contribution in [2.24, 2.45) is 0 Å². The Hall–Kier alpha value is -1.29. The number of ether oxygens (including phenoxy) is 1. The van der Waals surface area contributed by atoms with Crippen LogP contribution in [0.2, 0.25) is 0 Å². The Bertz CT molecular complexity index is 164. The number of hydrogen-bond donors (Lipinski definition) is 2. The number of hydrogen-bond acceptors (Lipinski definition) is 3. The van der Waals surface area contributed by atoms with Crippen LogP contribution in [-0.2, 0) is 4.74 Å². The van der Waals surface area contributed by atoms with E-state index in [4.69, 9.17) is 10.2 Å². The van der Waals surface area contributed by atoms with Crippen LogP contribution in [0.3, 0.4) is 0 Å². The minimum atomic E-state index is -1.45. The molecule has 0 aliphatic heterocycles. The van der Waals surface area contributed by atoms with Gasteiger partial charge in [-0.2, -0.15) is 0 Å². The molecule has 0 spiro atoms. The normalized spacial score (nSPS) is 14.6. The third-order valence-corrected chi connectivity index (χ3v) is 1.05. The third-order valence-electron chi connectivity index (χ3n) is 1.05. The highest BCUT2D eigenvalue weighted by molar-refractivity contribution is 5.57. The molecule has 0 saturated heterocycles. The molecule has 0 aliphatic carbocycles. The second-order valence-corrected chi connectivity index (χ2v) is 1.81. The van der Waals surface area contributed by atoms with Gasteiger partial charge in [0.25, 0.3) is 0 Å². The van der Waals surface area contributed by atoms with E-state index in [1.54, 1.807) is 0 Å². The summed E-state index contributed by atoms with van der Waals surface area (Å²) < 4.78 is 4.23. The van der Waals surface area contributed by atoms with Gasteiger partial charge in [-0.1, -0.05) is 12.7 Å². The molecule has 2 atom stereocenters. The van der Waals surface area contributed by atoms with E-state index in [0.717, 1.165) is 0 Å². The largest absolute Gasteiger partial charge is 0.506 e. The summed E-state index contributed by atoms with van der Waals surface area (Å²) in [4.78, 5) is 9.97. The quantitative estimate of drug-likeness (QED) is 0.468. The van der Waals surface area contributed by atoms with Gasteiger partial charge in [0, 0.05) is 0 Å². The van der Waals surface area contributed by atoms with E-state index in [2.05, 4.69) is 17.9 Å². The van der Waals surface area contributed by atoms with Crippen LogP contribution in [0.25, 0.3) is 0 Å². The standard InChI is InChI=1S/C7H10O4/c1-3-5(8)6(4-2)11-7(9)10/h3-6,8H,1-2H2,(H,9,10). The molecule has 0 rings (SSSR count). The highest BCUT2D eigenvalue weighted by Gasteiger charge is 2.16. The first-order valence-electron chi connectivity index (χ1n) is 2.94. The lowest BCUT2D eigenvalue weighted by Gasteiger charge is -2.14. The van der Waals surface area contributed by atoms with E-state index in [9.17, 15) is 4.79 Å². The average molecular weight is 158 g/mol. The third kappa shape index (κ3) is 3.42. The second kappa shape index (κ2) is 4.51. The minimum absolute atomic E-state index is 0.940. The highest BCUT2D eigenvalue weighted by Crippen LogP contribution is 2.01. The topological polar surface area (TPSA) is 66.8 Å². The van der Waals surface area contributed by atoms with Crippen LogP contribution in [-0.4, -0.2) is 28.6 Å². The van der Waals surface area contributed by atoms with Crippen LogP contribution in [0.1, 0.15) is 0 Å². The van der Waals surface area contributed by atoms with Gasteiger partial charge in [0.05, 0.1) is 0 Å². The lowest BCUT2D eigenvalue weighted by atomic mass is 10.2. The van der Waals surface area contributed by atoms with E-state index in [0.29, 0.717) is 0 Å². The van der Waals surface area contributed by atoms with E-state index in [1.165, 1.54) is 12.2 Å². The summed E-state index contributed by atoms with van der Waals surface area (Å²) in [5, 5.41) is 17.1. The van der Waals surface area contributed by atoms with Crippen LogP contribution < -0.4 is 0 Å². The maximum atomic E-state index is 9.97. The molecule has 0 aromatic carbocycles. The first-order chi connectivity index (χ1) is 5.11. The molecule has 2 N–H and O–H groups in total. The first-order valence-corrected chi connectivity index (χ1v) is 2.94. The van der Waals surface area contributed by atoms with E-state index < -0.39 is 18.4 Å². The first kappa shape index (κ1) is 9.71. The zero-order valence-corrected chi connectivity index (χ0v) is 5.93. The van der Waals surface area contributed by atoms with Crippen LogP contribution in [0, 0.1) is 0 Å². The van der Waals surface area contributed by atoms with Crippen LogP contribution in [0.4, 0.5) is 4.79 Å². The molecule has 0 radical (unpaired) electrons. The van der Waals surface area contributed by atoms with Gasteiger partial charge in [0.15, 0.2) is 6.10 Å². The summed E-state index contributed by atoms with van der Waals surface area (Å²) in [5.74, 6) is 0. The lowest BCUT2D eigenvalue weighted by molar-refractivity contribution is 0.0221. The predicted molar refractivity (Wildman–Crippen MR) is 39.3 cm³/mol. The molecular formula is C7H10O4. The van der Waals surface area contributed by atoms with Crippen LogP contribution in [0.15, 0.2) is 25.3 Å². The predicted octanol–water partition coefficient (Wildman–Crippen LogP) is 0.782. The summed E-state index contributed by atoms with van der Waals surface area (Å²) in [5.41, 5.74) is 0. The SMILES string of the molecule is C=CC(O)C(C=C)OC(=O)O. The van der Waals surface area contributed by atoms with Crippen LogP contribution >= 0.6 is 0 Å². The fraction of sp³-hybridized carbons (Fsp3) is 0.286. The number of aliphatic hydroxyl groups is 1. The number of rotatable bonds is 4. The molecule has 0 aromatic heterocycles. The highest BCUT2D eigenvalue weighted by atomic mass is 16.7. The van der Waals surface area contributed by atoms with Crippen molar-refractivity contribution >= 4 is 6.16 Å². The van der Waals surface area contributed by atoms with Gasteiger partial charge in [-0.15, -0.1) is 6.58 Å². The van der Waals surface area contributed by atoms with Crippen molar-refractivity contribution in [3.8, 4) is 0 Å². The van der Waals surface area contributed by atoms with E-state index >= 15 is 0 Å². The number of carbonyl (C=O) groups is 1. The minimum Gasteiger partial charge on any atom is -0.450 e.